The number of carbonyl (C=O) groups is 1. The molecule has 4 rings (SSSR count). The van der Waals surface area contributed by atoms with Crippen molar-refractivity contribution in [3.63, 3.8) is 0 Å². The molecule has 4 aromatic rings. The maximum atomic E-state index is 12.9. The number of pyridine rings is 1. The molecular formula is C16H11ClN4O. The van der Waals surface area contributed by atoms with Gasteiger partial charge in [-0.25, -0.2) is 9.97 Å². The molecule has 0 N–H and O–H groups in total. The van der Waals surface area contributed by atoms with Gasteiger partial charge in [0.1, 0.15) is 17.7 Å². The monoisotopic (exact) mass is 310 g/mol. The minimum atomic E-state index is -0.166. The number of aromatic nitrogens is 4. The average Bonchev–Trinajstić information content (AvgIpc) is 3.06. The first-order valence-corrected chi connectivity index (χ1v) is 7.14. The highest BCUT2D eigenvalue weighted by Crippen LogP contribution is 2.19. The van der Waals surface area contributed by atoms with Crippen LogP contribution < -0.4 is 0 Å². The molecule has 0 unspecified atom stereocenters. The van der Waals surface area contributed by atoms with E-state index >= 15 is 0 Å². The van der Waals surface area contributed by atoms with Crippen molar-refractivity contribution in [1.29, 1.82) is 0 Å². The smallest absolute Gasteiger partial charge is 0.282 e. The molecule has 0 amide bonds. The predicted octanol–water partition coefficient (Wildman–Crippen LogP) is 3.33. The number of carbonyl (C=O) groups excluding carboxylic acids is 1. The van der Waals surface area contributed by atoms with Gasteiger partial charge in [-0.3, -0.25) is 13.8 Å². The van der Waals surface area contributed by atoms with Crippen molar-refractivity contribution in [3.8, 4) is 0 Å². The van der Waals surface area contributed by atoms with Gasteiger partial charge in [0.05, 0.1) is 16.7 Å². The number of halogens is 1. The number of aryl methyl sites for hydroxylation is 1. The van der Waals surface area contributed by atoms with E-state index in [1.165, 1.54) is 0 Å². The second-order valence-electron chi connectivity index (χ2n) is 5.03. The second kappa shape index (κ2) is 4.68. The van der Waals surface area contributed by atoms with Crippen molar-refractivity contribution in [2.24, 2.45) is 0 Å². The zero-order valence-corrected chi connectivity index (χ0v) is 12.4. The third-order valence-electron chi connectivity index (χ3n) is 3.64. The van der Waals surface area contributed by atoms with E-state index in [0.717, 1.165) is 11.0 Å². The topological polar surface area (TPSA) is 52.2 Å². The molecule has 0 aliphatic heterocycles. The summed E-state index contributed by atoms with van der Waals surface area (Å²) >= 11 is 5.98. The molecule has 0 radical (unpaired) electrons. The first kappa shape index (κ1) is 13.0. The Morgan fingerprint density at radius 2 is 2.05 bits per heavy atom. The van der Waals surface area contributed by atoms with Crippen LogP contribution in [0, 0.1) is 6.92 Å². The molecule has 0 saturated heterocycles. The molecular weight excluding hydrogens is 300 g/mol. The summed E-state index contributed by atoms with van der Waals surface area (Å²) in [5.74, 6) is -0.166. The van der Waals surface area contributed by atoms with Crippen LogP contribution in [0.15, 0.2) is 48.9 Å². The highest BCUT2D eigenvalue weighted by atomic mass is 35.5. The molecule has 0 fully saturated rings. The Morgan fingerprint density at radius 1 is 1.23 bits per heavy atom. The minimum absolute atomic E-state index is 0.166. The fraction of sp³-hybridized carbons (Fsp3) is 0.0625. The minimum Gasteiger partial charge on any atom is -0.295 e. The Balaban J connectivity index is 1.95. The van der Waals surface area contributed by atoms with Gasteiger partial charge in [-0.2, -0.15) is 0 Å². The van der Waals surface area contributed by atoms with Gasteiger partial charge in [-0.05, 0) is 25.1 Å². The van der Waals surface area contributed by atoms with E-state index in [1.807, 2.05) is 31.2 Å². The Labute approximate surface area is 130 Å². The molecule has 22 heavy (non-hydrogen) atoms. The Morgan fingerprint density at radius 3 is 2.91 bits per heavy atom. The van der Waals surface area contributed by atoms with E-state index in [0.29, 0.717) is 22.1 Å². The zero-order valence-electron chi connectivity index (χ0n) is 11.7. The SMILES string of the molecule is Cc1nc2cc(Cl)ccn2c1C(=O)n1cnc2ccccc21. The number of rotatable bonds is 1. The number of benzene rings is 1. The highest BCUT2D eigenvalue weighted by Gasteiger charge is 2.20. The van der Waals surface area contributed by atoms with Gasteiger partial charge in [0.15, 0.2) is 0 Å². The lowest BCUT2D eigenvalue weighted by Gasteiger charge is -2.04. The van der Waals surface area contributed by atoms with Crippen molar-refractivity contribution in [2.45, 2.75) is 6.92 Å². The second-order valence-corrected chi connectivity index (χ2v) is 5.46. The Bertz CT molecular complexity index is 1030. The van der Waals surface area contributed by atoms with Crippen LogP contribution in [0.5, 0.6) is 0 Å². The summed E-state index contributed by atoms with van der Waals surface area (Å²) in [6, 6.07) is 11.0. The molecule has 0 saturated carbocycles. The molecule has 6 heteroatoms. The largest absolute Gasteiger partial charge is 0.295 e. The number of fused-ring (bicyclic) bond motifs is 2. The van der Waals surface area contributed by atoms with E-state index in [9.17, 15) is 4.79 Å². The molecule has 0 aliphatic carbocycles. The summed E-state index contributed by atoms with van der Waals surface area (Å²) in [7, 11) is 0. The molecule has 0 atom stereocenters. The molecule has 108 valence electrons. The van der Waals surface area contributed by atoms with E-state index in [1.54, 1.807) is 33.6 Å². The Kier molecular flexibility index (Phi) is 2.77. The fourth-order valence-corrected chi connectivity index (χ4v) is 2.78. The van der Waals surface area contributed by atoms with Crippen LogP contribution in [0.4, 0.5) is 0 Å². The van der Waals surface area contributed by atoms with Crippen molar-refractivity contribution < 1.29 is 4.79 Å². The van der Waals surface area contributed by atoms with Crippen LogP contribution in [0.2, 0.25) is 5.02 Å². The van der Waals surface area contributed by atoms with Crippen molar-refractivity contribution in [3.05, 3.63) is 65.3 Å². The number of imidazole rings is 2. The van der Waals surface area contributed by atoms with Gasteiger partial charge < -0.3 is 0 Å². The van der Waals surface area contributed by atoms with Crippen LogP contribution in [-0.4, -0.2) is 24.8 Å². The third-order valence-corrected chi connectivity index (χ3v) is 3.87. The molecule has 1 aromatic carbocycles. The number of para-hydroxylation sites is 2. The van der Waals surface area contributed by atoms with Gasteiger partial charge in [0.2, 0.25) is 0 Å². The van der Waals surface area contributed by atoms with Gasteiger partial charge in [-0.15, -0.1) is 0 Å². The molecule has 0 bridgehead atoms. The standard InChI is InChI=1S/C16H11ClN4O/c1-10-15(20-7-6-11(17)8-14(20)19-10)16(22)21-9-18-12-4-2-3-5-13(12)21/h2-9H,1H3. The van der Waals surface area contributed by atoms with E-state index in [2.05, 4.69) is 9.97 Å². The van der Waals surface area contributed by atoms with Gasteiger partial charge in [0, 0.05) is 17.3 Å². The van der Waals surface area contributed by atoms with Crippen LogP contribution in [0.1, 0.15) is 16.2 Å². The zero-order chi connectivity index (χ0) is 15.3. The lowest BCUT2D eigenvalue weighted by Crippen LogP contribution is -2.14. The normalized spacial score (nSPS) is 11.4. The van der Waals surface area contributed by atoms with Crippen molar-refractivity contribution >= 4 is 34.2 Å². The molecule has 3 heterocycles. The van der Waals surface area contributed by atoms with E-state index in [4.69, 9.17) is 11.6 Å². The van der Waals surface area contributed by atoms with Crippen LogP contribution >= 0.6 is 11.6 Å². The van der Waals surface area contributed by atoms with Crippen molar-refractivity contribution in [2.75, 3.05) is 0 Å². The maximum Gasteiger partial charge on any atom is 0.282 e. The summed E-state index contributed by atoms with van der Waals surface area (Å²) in [5, 5.41) is 0.588. The summed E-state index contributed by atoms with van der Waals surface area (Å²) < 4.78 is 3.29. The van der Waals surface area contributed by atoms with Crippen LogP contribution in [0.25, 0.3) is 16.7 Å². The molecule has 0 spiro atoms. The maximum absolute atomic E-state index is 12.9. The molecule has 0 aliphatic rings. The first-order valence-electron chi connectivity index (χ1n) is 6.76. The summed E-state index contributed by atoms with van der Waals surface area (Å²) in [6.45, 7) is 1.81. The number of hydrogen-bond donors (Lipinski definition) is 0. The molecule has 5 nitrogen and oxygen atoms in total. The van der Waals surface area contributed by atoms with Gasteiger partial charge >= 0.3 is 0 Å². The summed E-state index contributed by atoms with van der Waals surface area (Å²) in [6.07, 6.45) is 3.30. The molecule has 3 aromatic heterocycles. The van der Waals surface area contributed by atoms with Crippen molar-refractivity contribution in [1.82, 2.24) is 18.9 Å². The van der Waals surface area contributed by atoms with E-state index in [-0.39, 0.29) is 5.91 Å². The summed E-state index contributed by atoms with van der Waals surface area (Å²) in [5.41, 5.74) is 3.37. The lowest BCUT2D eigenvalue weighted by molar-refractivity contribution is 0.0958. The van der Waals surface area contributed by atoms with Gasteiger partial charge in [-0.1, -0.05) is 23.7 Å². The Hall–Kier alpha value is -2.66. The average molecular weight is 311 g/mol. The quantitative estimate of drug-likeness (QED) is 0.542. The first-order chi connectivity index (χ1) is 10.6. The van der Waals surface area contributed by atoms with Gasteiger partial charge in [0.25, 0.3) is 5.91 Å². The van der Waals surface area contributed by atoms with E-state index < -0.39 is 0 Å². The van der Waals surface area contributed by atoms with Crippen LogP contribution in [-0.2, 0) is 0 Å². The highest BCUT2D eigenvalue weighted by molar-refractivity contribution is 6.30. The summed E-state index contributed by atoms with van der Waals surface area (Å²) in [4.78, 5) is 21.6. The number of nitrogens with zero attached hydrogens (tertiary/aromatic N) is 4. The lowest BCUT2D eigenvalue weighted by atomic mass is 10.3. The fourth-order valence-electron chi connectivity index (χ4n) is 2.63. The third kappa shape index (κ3) is 1.83. The predicted molar refractivity (Wildman–Crippen MR) is 84.4 cm³/mol. The number of hydrogen-bond acceptors (Lipinski definition) is 3. The van der Waals surface area contributed by atoms with Crippen LogP contribution in [0.3, 0.4) is 0 Å².